The molecule has 0 unspecified atom stereocenters. The van der Waals surface area contributed by atoms with Crippen molar-refractivity contribution in [3.8, 4) is 11.1 Å². The summed E-state index contributed by atoms with van der Waals surface area (Å²) in [6, 6.07) is 19.8. The van der Waals surface area contributed by atoms with E-state index in [2.05, 4.69) is 94.4 Å². The second-order valence-electron chi connectivity index (χ2n) is 9.01. The predicted molar refractivity (Wildman–Crippen MR) is 135 cm³/mol. The number of piperazine rings is 1. The van der Waals surface area contributed by atoms with Crippen LogP contribution in [0, 0.1) is 0 Å². The lowest BCUT2D eigenvalue weighted by molar-refractivity contribution is 0.479. The molecule has 7 nitrogen and oxygen atoms in total. The number of fused-ring (bicyclic) bond motifs is 1. The number of nitrogens with zero attached hydrogens (tertiary/aromatic N) is 5. The zero-order valence-corrected chi connectivity index (χ0v) is 19.5. The first kappa shape index (κ1) is 21.4. The molecule has 1 aliphatic heterocycles. The molecule has 170 valence electrons. The molecular formula is C26H31N7. The molecule has 4 aromatic rings. The fourth-order valence-electron chi connectivity index (χ4n) is 4.29. The van der Waals surface area contributed by atoms with Gasteiger partial charge in [-0.3, -0.25) is 0 Å². The molecule has 33 heavy (non-hydrogen) atoms. The molecule has 1 saturated heterocycles. The number of imidazole rings is 1. The molecule has 0 radical (unpaired) electrons. The summed E-state index contributed by atoms with van der Waals surface area (Å²) in [4.78, 5) is 16.7. The number of hydrogen-bond acceptors (Lipinski definition) is 6. The van der Waals surface area contributed by atoms with Crippen molar-refractivity contribution in [1.82, 2.24) is 24.8 Å². The minimum Gasteiger partial charge on any atom is -0.364 e. The first-order chi connectivity index (χ1) is 16.1. The van der Waals surface area contributed by atoms with Gasteiger partial charge in [-0.25, -0.2) is 4.98 Å². The van der Waals surface area contributed by atoms with E-state index in [-0.39, 0.29) is 6.04 Å². The Balaban J connectivity index is 1.42. The van der Waals surface area contributed by atoms with Crippen molar-refractivity contribution in [3.05, 3.63) is 66.5 Å². The van der Waals surface area contributed by atoms with Crippen LogP contribution in [0.15, 0.2) is 60.9 Å². The zero-order chi connectivity index (χ0) is 22.8. The lowest BCUT2D eigenvalue weighted by atomic mass is 10.0. The normalized spacial score (nSPS) is 16.5. The molecule has 0 amide bonds. The van der Waals surface area contributed by atoms with Crippen LogP contribution in [0.2, 0.25) is 0 Å². The number of aromatic nitrogens is 4. The summed E-state index contributed by atoms with van der Waals surface area (Å²) >= 11 is 0. The van der Waals surface area contributed by atoms with Crippen molar-refractivity contribution >= 4 is 22.9 Å². The van der Waals surface area contributed by atoms with E-state index in [1.807, 2.05) is 12.4 Å². The Bertz CT molecular complexity index is 1210. The van der Waals surface area contributed by atoms with Gasteiger partial charge in [0.05, 0.1) is 6.33 Å². The molecule has 2 aromatic heterocycles. The molecule has 0 spiro atoms. The summed E-state index contributed by atoms with van der Waals surface area (Å²) < 4.78 is 2.12. The SMILES string of the molecule is CC(C)n1cnc2c(NCc3ccc(-c4ccccc4)cc3)nc(N3CCN[C@H](C)C3)nc21. The number of hydrogen-bond donors (Lipinski definition) is 2. The highest BCUT2D eigenvalue weighted by Gasteiger charge is 2.22. The standard InChI is InChI=1S/C26H31N7/c1-18(2)33-17-29-23-24(30-26(31-25(23)33)32-14-13-27-19(3)16-32)28-15-20-9-11-22(12-10-20)21-7-5-4-6-8-21/h4-12,17-19,27H,13-16H2,1-3H3,(H,28,30,31)/t19-/m1/s1. The van der Waals surface area contributed by atoms with E-state index in [1.165, 1.54) is 16.7 Å². The first-order valence-corrected chi connectivity index (χ1v) is 11.7. The Labute approximate surface area is 194 Å². The van der Waals surface area contributed by atoms with Crippen LogP contribution >= 0.6 is 0 Å². The van der Waals surface area contributed by atoms with Crippen LogP contribution < -0.4 is 15.5 Å². The summed E-state index contributed by atoms with van der Waals surface area (Å²) in [7, 11) is 0. The third-order valence-corrected chi connectivity index (χ3v) is 6.14. The van der Waals surface area contributed by atoms with Crippen molar-refractivity contribution in [2.45, 2.75) is 39.4 Å². The van der Waals surface area contributed by atoms with Crippen molar-refractivity contribution < 1.29 is 0 Å². The molecule has 0 saturated carbocycles. The Hall–Kier alpha value is -3.45. The minimum atomic E-state index is 0.276. The molecule has 2 aromatic carbocycles. The quantitative estimate of drug-likeness (QED) is 0.460. The van der Waals surface area contributed by atoms with Crippen molar-refractivity contribution in [2.75, 3.05) is 29.9 Å². The monoisotopic (exact) mass is 441 g/mol. The van der Waals surface area contributed by atoms with E-state index in [4.69, 9.17) is 9.97 Å². The maximum absolute atomic E-state index is 4.92. The molecule has 1 aliphatic rings. The van der Waals surface area contributed by atoms with Crippen LogP contribution in [-0.4, -0.2) is 45.2 Å². The van der Waals surface area contributed by atoms with Crippen molar-refractivity contribution in [2.24, 2.45) is 0 Å². The Morgan fingerprint density at radius 1 is 1.03 bits per heavy atom. The average Bonchev–Trinajstić information content (AvgIpc) is 3.28. The van der Waals surface area contributed by atoms with Gasteiger partial charge in [0.1, 0.15) is 0 Å². The van der Waals surface area contributed by atoms with Gasteiger partial charge in [0.15, 0.2) is 17.0 Å². The lowest BCUT2D eigenvalue weighted by Crippen LogP contribution is -2.49. The van der Waals surface area contributed by atoms with E-state index < -0.39 is 0 Å². The molecule has 1 fully saturated rings. The maximum Gasteiger partial charge on any atom is 0.229 e. The van der Waals surface area contributed by atoms with Crippen molar-refractivity contribution in [3.63, 3.8) is 0 Å². The second-order valence-corrected chi connectivity index (χ2v) is 9.01. The number of anilines is 2. The van der Waals surface area contributed by atoms with Crippen LogP contribution in [-0.2, 0) is 6.54 Å². The molecule has 7 heteroatoms. The average molecular weight is 442 g/mol. The van der Waals surface area contributed by atoms with Gasteiger partial charge >= 0.3 is 0 Å². The van der Waals surface area contributed by atoms with E-state index in [0.29, 0.717) is 12.6 Å². The van der Waals surface area contributed by atoms with E-state index in [9.17, 15) is 0 Å². The first-order valence-electron chi connectivity index (χ1n) is 11.7. The summed E-state index contributed by atoms with van der Waals surface area (Å²) in [5.41, 5.74) is 5.33. The topological polar surface area (TPSA) is 70.9 Å². The van der Waals surface area contributed by atoms with Gasteiger partial charge in [-0.2, -0.15) is 9.97 Å². The van der Waals surface area contributed by atoms with Gasteiger partial charge in [-0.15, -0.1) is 0 Å². The van der Waals surface area contributed by atoms with Gasteiger partial charge in [0.2, 0.25) is 5.95 Å². The van der Waals surface area contributed by atoms with Crippen LogP contribution in [0.1, 0.15) is 32.4 Å². The van der Waals surface area contributed by atoms with Crippen molar-refractivity contribution in [1.29, 1.82) is 0 Å². The molecule has 5 rings (SSSR count). The van der Waals surface area contributed by atoms with Crippen LogP contribution in [0.25, 0.3) is 22.3 Å². The number of benzene rings is 2. The summed E-state index contributed by atoms with van der Waals surface area (Å²) in [5, 5.41) is 7.03. The molecular weight excluding hydrogens is 410 g/mol. The molecule has 2 N–H and O–H groups in total. The highest BCUT2D eigenvalue weighted by molar-refractivity contribution is 5.84. The third kappa shape index (κ3) is 4.54. The van der Waals surface area contributed by atoms with Gasteiger partial charge in [-0.05, 0) is 37.5 Å². The third-order valence-electron chi connectivity index (χ3n) is 6.14. The highest BCUT2D eigenvalue weighted by atomic mass is 15.3. The van der Waals surface area contributed by atoms with Crippen LogP contribution in [0.3, 0.4) is 0 Å². The summed E-state index contributed by atoms with van der Waals surface area (Å²) in [5.74, 6) is 1.55. The number of nitrogens with one attached hydrogen (secondary N) is 2. The molecule has 3 heterocycles. The smallest absolute Gasteiger partial charge is 0.229 e. The summed E-state index contributed by atoms with van der Waals surface area (Å²) in [6.07, 6.45) is 1.87. The molecule has 1 atom stereocenters. The predicted octanol–water partition coefficient (Wildman–Crippen LogP) is 4.48. The number of rotatable bonds is 6. The lowest BCUT2D eigenvalue weighted by Gasteiger charge is -2.32. The largest absolute Gasteiger partial charge is 0.364 e. The van der Waals surface area contributed by atoms with Gasteiger partial charge in [0.25, 0.3) is 0 Å². The maximum atomic E-state index is 4.92. The molecule has 0 aliphatic carbocycles. The Morgan fingerprint density at radius 2 is 1.79 bits per heavy atom. The summed E-state index contributed by atoms with van der Waals surface area (Å²) in [6.45, 7) is 9.89. The fourth-order valence-corrected chi connectivity index (χ4v) is 4.29. The van der Waals surface area contributed by atoms with Gasteiger partial charge in [0, 0.05) is 38.3 Å². The van der Waals surface area contributed by atoms with E-state index in [1.54, 1.807) is 0 Å². The highest BCUT2D eigenvalue weighted by Crippen LogP contribution is 2.26. The second kappa shape index (κ2) is 9.19. The zero-order valence-electron chi connectivity index (χ0n) is 19.5. The Kier molecular flexibility index (Phi) is 5.96. The van der Waals surface area contributed by atoms with E-state index >= 15 is 0 Å². The minimum absolute atomic E-state index is 0.276. The van der Waals surface area contributed by atoms with Crippen LogP contribution in [0.5, 0.6) is 0 Å². The fraction of sp³-hybridized carbons (Fsp3) is 0.346. The van der Waals surface area contributed by atoms with Crippen LogP contribution in [0.4, 0.5) is 11.8 Å². The van der Waals surface area contributed by atoms with E-state index in [0.717, 1.165) is 42.6 Å². The Morgan fingerprint density at radius 3 is 2.52 bits per heavy atom. The van der Waals surface area contributed by atoms with Gasteiger partial charge < -0.3 is 20.1 Å². The van der Waals surface area contributed by atoms with Gasteiger partial charge in [-0.1, -0.05) is 54.6 Å². The molecule has 0 bridgehead atoms.